The topological polar surface area (TPSA) is 63.1 Å². The maximum Gasteiger partial charge on any atom is 0.416 e. The van der Waals surface area contributed by atoms with E-state index in [4.69, 9.17) is 0 Å². The zero-order valence-corrected chi connectivity index (χ0v) is 16.7. The Balaban J connectivity index is 1.52. The molecule has 0 aliphatic rings. The quantitative estimate of drug-likeness (QED) is 0.483. The van der Waals surface area contributed by atoms with Gasteiger partial charge >= 0.3 is 12.2 Å². The number of carbonyl (C=O) groups excluding carboxylic acids is 1. The zero-order chi connectivity index (χ0) is 22.2. The van der Waals surface area contributed by atoms with Gasteiger partial charge in [0.05, 0.1) is 23.5 Å². The van der Waals surface area contributed by atoms with Gasteiger partial charge in [0.1, 0.15) is 0 Å². The summed E-state index contributed by atoms with van der Waals surface area (Å²) in [5.41, 5.74) is 2.54. The lowest BCUT2D eigenvalue weighted by molar-refractivity contribution is -0.137. The third kappa shape index (κ3) is 4.07. The van der Waals surface area contributed by atoms with Crippen LogP contribution in [0.1, 0.15) is 5.56 Å². The Morgan fingerprint density at radius 3 is 2.52 bits per heavy atom. The number of urea groups is 1. The molecule has 2 aromatic heterocycles. The molecule has 0 bridgehead atoms. The van der Waals surface area contributed by atoms with Crippen molar-refractivity contribution < 1.29 is 18.0 Å². The van der Waals surface area contributed by atoms with E-state index in [1.165, 1.54) is 19.2 Å². The second kappa shape index (κ2) is 7.75. The minimum absolute atomic E-state index is 0.137. The van der Waals surface area contributed by atoms with E-state index in [0.29, 0.717) is 5.69 Å². The number of aryl methyl sites for hydroxylation is 1. The summed E-state index contributed by atoms with van der Waals surface area (Å²) in [7, 11) is 3.25. The highest BCUT2D eigenvalue weighted by Crippen LogP contribution is 2.32. The van der Waals surface area contributed by atoms with Crippen LogP contribution >= 0.6 is 0 Å². The number of halogens is 3. The number of hydrogen-bond donors (Lipinski definition) is 1. The Hall–Kier alpha value is -3.88. The van der Waals surface area contributed by atoms with Crippen LogP contribution in [0, 0.1) is 0 Å². The number of anilines is 2. The summed E-state index contributed by atoms with van der Waals surface area (Å²) in [5, 5.41) is 7.90. The molecule has 0 atom stereocenters. The highest BCUT2D eigenvalue weighted by molar-refractivity contribution is 6.01. The van der Waals surface area contributed by atoms with E-state index in [-0.39, 0.29) is 5.69 Å². The number of carbonyl (C=O) groups is 1. The van der Waals surface area contributed by atoms with Crippen LogP contribution in [0.25, 0.3) is 22.0 Å². The number of benzene rings is 2. The van der Waals surface area contributed by atoms with Crippen molar-refractivity contribution in [2.75, 3.05) is 17.3 Å². The van der Waals surface area contributed by atoms with Gasteiger partial charge < -0.3 is 5.32 Å². The van der Waals surface area contributed by atoms with Gasteiger partial charge in [0, 0.05) is 42.6 Å². The van der Waals surface area contributed by atoms with E-state index in [1.807, 2.05) is 19.2 Å². The van der Waals surface area contributed by atoms with Gasteiger partial charge in [0.2, 0.25) is 0 Å². The molecule has 158 valence electrons. The molecular formula is C22H18F3N5O. The molecule has 4 rings (SSSR count). The van der Waals surface area contributed by atoms with Crippen molar-refractivity contribution in [1.82, 2.24) is 14.8 Å². The van der Waals surface area contributed by atoms with E-state index in [2.05, 4.69) is 15.4 Å². The van der Waals surface area contributed by atoms with Gasteiger partial charge in [-0.2, -0.15) is 18.3 Å². The molecule has 1 N–H and O–H groups in total. The van der Waals surface area contributed by atoms with E-state index >= 15 is 0 Å². The van der Waals surface area contributed by atoms with Crippen LogP contribution in [0.3, 0.4) is 0 Å². The van der Waals surface area contributed by atoms with Gasteiger partial charge in [0.15, 0.2) is 0 Å². The lowest BCUT2D eigenvalue weighted by Crippen LogP contribution is -2.31. The predicted octanol–water partition coefficient (Wildman–Crippen LogP) is 5.32. The highest BCUT2D eigenvalue weighted by Gasteiger charge is 2.31. The van der Waals surface area contributed by atoms with Gasteiger partial charge in [-0.3, -0.25) is 14.6 Å². The van der Waals surface area contributed by atoms with Crippen molar-refractivity contribution in [2.24, 2.45) is 7.05 Å². The number of nitrogens with zero attached hydrogens (tertiary/aromatic N) is 4. The number of aromatic nitrogens is 3. The van der Waals surface area contributed by atoms with Crippen LogP contribution in [0.5, 0.6) is 0 Å². The number of alkyl halides is 3. The summed E-state index contributed by atoms with van der Waals surface area (Å²) >= 11 is 0. The largest absolute Gasteiger partial charge is 0.416 e. The monoisotopic (exact) mass is 425 g/mol. The van der Waals surface area contributed by atoms with Gasteiger partial charge in [-0.05, 0) is 35.9 Å². The van der Waals surface area contributed by atoms with Gasteiger partial charge in [-0.25, -0.2) is 4.79 Å². The van der Waals surface area contributed by atoms with E-state index in [0.717, 1.165) is 39.1 Å². The van der Waals surface area contributed by atoms with E-state index < -0.39 is 17.8 Å². The molecule has 0 aliphatic heterocycles. The Kier molecular flexibility index (Phi) is 5.10. The van der Waals surface area contributed by atoms with E-state index in [1.54, 1.807) is 35.4 Å². The normalized spacial score (nSPS) is 11.5. The molecule has 0 aliphatic carbocycles. The molecule has 6 nitrogen and oxygen atoms in total. The lowest BCUT2D eigenvalue weighted by atomic mass is 10.0. The summed E-state index contributed by atoms with van der Waals surface area (Å²) in [6.07, 6.45) is 0.782. The zero-order valence-electron chi connectivity index (χ0n) is 16.7. The number of pyridine rings is 1. The number of amides is 2. The van der Waals surface area contributed by atoms with Crippen LogP contribution in [-0.2, 0) is 13.2 Å². The van der Waals surface area contributed by atoms with Crippen molar-refractivity contribution in [1.29, 1.82) is 0 Å². The molecule has 31 heavy (non-hydrogen) atoms. The first-order valence-corrected chi connectivity index (χ1v) is 9.32. The summed E-state index contributed by atoms with van der Waals surface area (Å²) in [6.45, 7) is 0. The average Bonchev–Trinajstić information content (AvgIpc) is 3.14. The third-order valence-electron chi connectivity index (χ3n) is 4.99. The van der Waals surface area contributed by atoms with Crippen molar-refractivity contribution >= 4 is 28.3 Å². The maximum absolute atomic E-state index is 12.9. The minimum Gasteiger partial charge on any atom is -0.308 e. The van der Waals surface area contributed by atoms with Crippen molar-refractivity contribution in [3.8, 4) is 11.1 Å². The molecule has 0 saturated carbocycles. The van der Waals surface area contributed by atoms with E-state index in [9.17, 15) is 18.0 Å². The fourth-order valence-corrected chi connectivity index (χ4v) is 3.24. The smallest absolute Gasteiger partial charge is 0.308 e. The van der Waals surface area contributed by atoms with Crippen LogP contribution < -0.4 is 10.2 Å². The van der Waals surface area contributed by atoms with Crippen LogP contribution in [0.4, 0.5) is 29.3 Å². The second-order valence-corrected chi connectivity index (χ2v) is 7.00. The first kappa shape index (κ1) is 20.4. The van der Waals surface area contributed by atoms with Gasteiger partial charge in [-0.1, -0.05) is 18.2 Å². The van der Waals surface area contributed by atoms with Crippen LogP contribution in [-0.4, -0.2) is 27.8 Å². The average molecular weight is 425 g/mol. The molecule has 4 aromatic rings. The molecule has 0 fully saturated rings. The molecular weight excluding hydrogens is 407 g/mol. The molecule has 2 amide bonds. The standard InChI is InChI=1S/C22H18F3N5O/c1-29(17-5-3-4-15(10-17)22(23,24)25)21(31)28-16-8-6-14(7-9-16)18-11-26-13-20-19(18)12-27-30(20)2/h3-13H,1-2H3,(H,28,31). The predicted molar refractivity (Wildman–Crippen MR) is 113 cm³/mol. The molecule has 2 aromatic carbocycles. The van der Waals surface area contributed by atoms with Gasteiger partial charge in [-0.15, -0.1) is 0 Å². The summed E-state index contributed by atoms with van der Waals surface area (Å²) in [5.74, 6) is 0. The Morgan fingerprint density at radius 1 is 1.06 bits per heavy atom. The maximum atomic E-state index is 12.9. The number of rotatable bonds is 3. The molecule has 0 unspecified atom stereocenters. The fraction of sp³-hybridized carbons (Fsp3) is 0.136. The van der Waals surface area contributed by atoms with Crippen molar-refractivity contribution in [2.45, 2.75) is 6.18 Å². The summed E-state index contributed by atoms with van der Waals surface area (Å²) in [4.78, 5) is 17.9. The number of fused-ring (bicyclic) bond motifs is 1. The Morgan fingerprint density at radius 2 is 1.81 bits per heavy atom. The first-order valence-electron chi connectivity index (χ1n) is 9.32. The fourth-order valence-electron chi connectivity index (χ4n) is 3.24. The molecule has 0 spiro atoms. The molecule has 9 heteroatoms. The molecule has 0 radical (unpaired) electrons. The second-order valence-electron chi connectivity index (χ2n) is 7.00. The SMILES string of the molecule is CN(C(=O)Nc1ccc(-c2cncc3c2cnn3C)cc1)c1cccc(C(F)(F)F)c1. The van der Waals surface area contributed by atoms with Crippen molar-refractivity contribution in [3.05, 3.63) is 72.7 Å². The first-order chi connectivity index (χ1) is 14.7. The van der Waals surface area contributed by atoms with Crippen LogP contribution in [0.2, 0.25) is 0 Å². The Labute approximate surface area is 175 Å². The minimum atomic E-state index is -4.48. The van der Waals surface area contributed by atoms with Crippen LogP contribution in [0.15, 0.2) is 67.1 Å². The number of nitrogens with one attached hydrogen (secondary N) is 1. The lowest BCUT2D eigenvalue weighted by Gasteiger charge is -2.19. The Bertz CT molecular complexity index is 1250. The third-order valence-corrected chi connectivity index (χ3v) is 4.99. The van der Waals surface area contributed by atoms with Gasteiger partial charge in [0.25, 0.3) is 0 Å². The number of hydrogen-bond acceptors (Lipinski definition) is 3. The molecule has 0 saturated heterocycles. The summed E-state index contributed by atoms with van der Waals surface area (Å²) in [6, 6.07) is 11.2. The van der Waals surface area contributed by atoms with Crippen molar-refractivity contribution in [3.63, 3.8) is 0 Å². The molecule has 2 heterocycles. The summed E-state index contributed by atoms with van der Waals surface area (Å²) < 4.78 is 40.5. The highest BCUT2D eigenvalue weighted by atomic mass is 19.4.